The first-order chi connectivity index (χ1) is 6.05. The van der Waals surface area contributed by atoms with Crippen LogP contribution in [0.3, 0.4) is 0 Å². The Kier molecular flexibility index (Phi) is 3.39. The van der Waals surface area contributed by atoms with Crippen LogP contribution in [0.4, 0.5) is 8.78 Å². The van der Waals surface area contributed by atoms with E-state index in [0.29, 0.717) is 19.6 Å². The number of alkyl halides is 2. The summed E-state index contributed by atoms with van der Waals surface area (Å²) in [5, 5.41) is 0. The maximum absolute atomic E-state index is 13.0. The van der Waals surface area contributed by atoms with Crippen molar-refractivity contribution >= 4 is 12.4 Å². The molecule has 0 aromatic rings. The molecular formula is C9H16ClF2NO. The number of rotatable bonds is 1. The van der Waals surface area contributed by atoms with Crippen LogP contribution in [0.25, 0.3) is 0 Å². The summed E-state index contributed by atoms with van der Waals surface area (Å²) < 4.78 is 31.3. The molecule has 1 saturated heterocycles. The molecule has 2 rings (SSSR count). The molecule has 2 nitrogen and oxygen atoms in total. The quantitative estimate of drug-likeness (QED) is 0.743. The third-order valence-corrected chi connectivity index (χ3v) is 3.20. The Bertz CT molecular complexity index is 215. The number of hydrogen-bond acceptors (Lipinski definition) is 2. The maximum Gasteiger partial charge on any atom is 0.248 e. The van der Waals surface area contributed by atoms with Gasteiger partial charge in [-0.1, -0.05) is 0 Å². The van der Waals surface area contributed by atoms with Crippen molar-refractivity contribution < 1.29 is 13.5 Å². The van der Waals surface area contributed by atoms with E-state index in [1.54, 1.807) is 0 Å². The van der Waals surface area contributed by atoms with Crippen LogP contribution in [0.15, 0.2) is 0 Å². The zero-order valence-corrected chi connectivity index (χ0v) is 8.79. The minimum absolute atomic E-state index is 0. The summed E-state index contributed by atoms with van der Waals surface area (Å²) in [6, 6.07) is 0. The normalized spacial score (nSPS) is 40.1. The predicted molar refractivity (Wildman–Crippen MR) is 51.9 cm³/mol. The summed E-state index contributed by atoms with van der Waals surface area (Å²) in [5.74, 6) is -2.47. The highest BCUT2D eigenvalue weighted by molar-refractivity contribution is 5.85. The standard InChI is InChI=1S/C9H15F2NO.ClH/c10-9(11)2-1-8(5-9)3-7(4-12)13-6-8;/h7H,1-6,12H2;1H. The van der Waals surface area contributed by atoms with E-state index in [9.17, 15) is 8.78 Å². The van der Waals surface area contributed by atoms with E-state index >= 15 is 0 Å². The SMILES string of the molecule is Cl.NCC1CC2(CCC(F)(F)C2)CO1. The Balaban J connectivity index is 0.000000980. The Labute approximate surface area is 88.6 Å². The molecule has 2 unspecified atom stereocenters. The number of nitrogens with two attached hydrogens (primary N) is 1. The molecule has 5 heteroatoms. The van der Waals surface area contributed by atoms with Crippen molar-refractivity contribution in [3.63, 3.8) is 0 Å². The van der Waals surface area contributed by atoms with Crippen LogP contribution in [0.1, 0.15) is 25.7 Å². The highest BCUT2D eigenvalue weighted by Gasteiger charge is 2.52. The van der Waals surface area contributed by atoms with Gasteiger partial charge in [-0.05, 0) is 12.8 Å². The summed E-state index contributed by atoms with van der Waals surface area (Å²) >= 11 is 0. The fourth-order valence-electron chi connectivity index (χ4n) is 2.52. The van der Waals surface area contributed by atoms with Crippen LogP contribution in [-0.2, 0) is 4.74 Å². The summed E-state index contributed by atoms with van der Waals surface area (Å²) in [6.45, 7) is 0.928. The van der Waals surface area contributed by atoms with E-state index in [0.717, 1.165) is 6.42 Å². The largest absolute Gasteiger partial charge is 0.376 e. The van der Waals surface area contributed by atoms with Crippen molar-refractivity contribution in [2.75, 3.05) is 13.2 Å². The van der Waals surface area contributed by atoms with Gasteiger partial charge < -0.3 is 10.5 Å². The first kappa shape index (κ1) is 12.1. The Hall–Kier alpha value is 0.0700. The summed E-state index contributed by atoms with van der Waals surface area (Å²) in [4.78, 5) is 0. The lowest BCUT2D eigenvalue weighted by atomic mass is 9.84. The average Bonchev–Trinajstić information content (AvgIpc) is 2.57. The molecule has 0 radical (unpaired) electrons. The molecule has 0 aromatic carbocycles. The van der Waals surface area contributed by atoms with Crippen molar-refractivity contribution in [1.29, 1.82) is 0 Å². The van der Waals surface area contributed by atoms with Crippen molar-refractivity contribution in [3.8, 4) is 0 Å². The van der Waals surface area contributed by atoms with Gasteiger partial charge in [0.05, 0.1) is 12.7 Å². The molecule has 0 aromatic heterocycles. The number of hydrogen-bond donors (Lipinski definition) is 1. The van der Waals surface area contributed by atoms with Gasteiger partial charge in [-0.25, -0.2) is 8.78 Å². The fourth-order valence-corrected chi connectivity index (χ4v) is 2.52. The summed E-state index contributed by atoms with van der Waals surface area (Å²) in [5.41, 5.74) is 5.18. The van der Waals surface area contributed by atoms with Gasteiger partial charge in [0.2, 0.25) is 5.92 Å². The predicted octanol–water partition coefficient (Wildman–Crippen LogP) is 1.96. The lowest BCUT2D eigenvalue weighted by molar-refractivity contribution is -0.00542. The monoisotopic (exact) mass is 227 g/mol. The smallest absolute Gasteiger partial charge is 0.248 e. The Morgan fingerprint density at radius 2 is 2.07 bits per heavy atom. The van der Waals surface area contributed by atoms with Gasteiger partial charge in [0.25, 0.3) is 0 Å². The zero-order valence-electron chi connectivity index (χ0n) is 7.97. The van der Waals surface area contributed by atoms with Crippen LogP contribution in [0.5, 0.6) is 0 Å². The molecule has 1 spiro atoms. The minimum atomic E-state index is -2.47. The first-order valence-electron chi connectivity index (χ1n) is 4.75. The van der Waals surface area contributed by atoms with E-state index in [2.05, 4.69) is 0 Å². The topological polar surface area (TPSA) is 35.2 Å². The highest BCUT2D eigenvalue weighted by Crippen LogP contribution is 2.52. The lowest BCUT2D eigenvalue weighted by Gasteiger charge is -2.20. The third kappa shape index (κ3) is 2.18. The van der Waals surface area contributed by atoms with Crippen LogP contribution in [0, 0.1) is 5.41 Å². The molecule has 14 heavy (non-hydrogen) atoms. The second kappa shape index (κ2) is 3.91. The molecule has 1 aliphatic carbocycles. The maximum atomic E-state index is 13.0. The molecule has 1 heterocycles. The molecular weight excluding hydrogens is 212 g/mol. The molecule has 2 atom stereocenters. The van der Waals surface area contributed by atoms with Crippen molar-refractivity contribution in [2.45, 2.75) is 37.7 Å². The second-order valence-electron chi connectivity index (χ2n) is 4.41. The minimum Gasteiger partial charge on any atom is -0.376 e. The molecule has 0 bridgehead atoms. The van der Waals surface area contributed by atoms with Crippen LogP contribution < -0.4 is 5.73 Å². The molecule has 1 saturated carbocycles. The highest BCUT2D eigenvalue weighted by atomic mass is 35.5. The van der Waals surface area contributed by atoms with Crippen molar-refractivity contribution in [2.24, 2.45) is 11.1 Å². The fraction of sp³-hybridized carbons (Fsp3) is 1.00. The molecule has 1 aliphatic heterocycles. The summed E-state index contributed by atoms with van der Waals surface area (Å²) in [7, 11) is 0. The molecule has 2 N–H and O–H groups in total. The van der Waals surface area contributed by atoms with Gasteiger partial charge >= 0.3 is 0 Å². The zero-order chi connectivity index (χ0) is 9.53. The summed E-state index contributed by atoms with van der Waals surface area (Å²) in [6.07, 6.45) is 1.34. The molecule has 84 valence electrons. The van der Waals surface area contributed by atoms with E-state index in [1.165, 1.54) is 0 Å². The number of ether oxygens (including phenoxy) is 1. The van der Waals surface area contributed by atoms with E-state index in [4.69, 9.17) is 10.5 Å². The molecule has 2 aliphatic rings. The van der Waals surface area contributed by atoms with Gasteiger partial charge in [0, 0.05) is 24.8 Å². The number of halogens is 3. The Morgan fingerprint density at radius 3 is 2.50 bits per heavy atom. The molecule has 0 amide bonds. The third-order valence-electron chi connectivity index (χ3n) is 3.20. The Morgan fingerprint density at radius 1 is 1.36 bits per heavy atom. The average molecular weight is 228 g/mol. The van der Waals surface area contributed by atoms with E-state index in [1.807, 2.05) is 0 Å². The first-order valence-corrected chi connectivity index (χ1v) is 4.75. The van der Waals surface area contributed by atoms with Crippen LogP contribution >= 0.6 is 12.4 Å². The van der Waals surface area contributed by atoms with Crippen molar-refractivity contribution in [1.82, 2.24) is 0 Å². The van der Waals surface area contributed by atoms with Gasteiger partial charge in [-0.15, -0.1) is 12.4 Å². The molecule has 2 fully saturated rings. The van der Waals surface area contributed by atoms with Crippen LogP contribution in [0.2, 0.25) is 0 Å². The van der Waals surface area contributed by atoms with Crippen LogP contribution in [-0.4, -0.2) is 25.2 Å². The van der Waals surface area contributed by atoms with Crippen molar-refractivity contribution in [3.05, 3.63) is 0 Å². The van der Waals surface area contributed by atoms with E-state index < -0.39 is 5.92 Å². The van der Waals surface area contributed by atoms with Gasteiger partial charge in [-0.3, -0.25) is 0 Å². The van der Waals surface area contributed by atoms with Gasteiger partial charge in [0.1, 0.15) is 0 Å². The second-order valence-corrected chi connectivity index (χ2v) is 4.41. The van der Waals surface area contributed by atoms with E-state index in [-0.39, 0.29) is 36.8 Å². The van der Waals surface area contributed by atoms with Gasteiger partial charge in [-0.2, -0.15) is 0 Å². The van der Waals surface area contributed by atoms with Gasteiger partial charge in [0.15, 0.2) is 0 Å². The lowest BCUT2D eigenvalue weighted by Crippen LogP contribution is -2.22.